The number of hydrogen-bond donors (Lipinski definition) is 2. The summed E-state index contributed by atoms with van der Waals surface area (Å²) in [7, 11) is 3.27. The van der Waals surface area contributed by atoms with E-state index in [2.05, 4.69) is 26.7 Å². The molecule has 2 atom stereocenters. The number of amides is 1. The Morgan fingerprint density at radius 3 is 2.66 bits per heavy atom. The van der Waals surface area contributed by atoms with E-state index in [-0.39, 0.29) is 28.5 Å². The van der Waals surface area contributed by atoms with E-state index < -0.39 is 18.2 Å². The number of halogens is 3. The number of rotatable bonds is 7. The predicted octanol–water partition coefficient (Wildman–Crippen LogP) is 4.60. The molecule has 38 heavy (non-hydrogen) atoms. The smallest absolute Gasteiger partial charge is 0.265 e. The van der Waals surface area contributed by atoms with Crippen LogP contribution in [0.1, 0.15) is 62.3 Å². The molecule has 4 heterocycles. The summed E-state index contributed by atoms with van der Waals surface area (Å²) < 4.78 is 45.4. The average Bonchev–Trinajstić information content (AvgIpc) is 3.35. The lowest BCUT2D eigenvalue weighted by Gasteiger charge is -2.36. The fourth-order valence-corrected chi connectivity index (χ4v) is 5.10. The molecule has 2 N–H and O–H groups in total. The summed E-state index contributed by atoms with van der Waals surface area (Å²) in [5, 5.41) is 6.78. The molecule has 2 saturated heterocycles. The van der Waals surface area contributed by atoms with Gasteiger partial charge >= 0.3 is 0 Å². The van der Waals surface area contributed by atoms with Gasteiger partial charge in [0.1, 0.15) is 5.82 Å². The summed E-state index contributed by atoms with van der Waals surface area (Å²) in [6.45, 7) is 5.44. The van der Waals surface area contributed by atoms with Crippen molar-refractivity contribution in [3.63, 3.8) is 0 Å². The van der Waals surface area contributed by atoms with E-state index in [4.69, 9.17) is 4.74 Å². The molecule has 2 aliphatic rings. The molecule has 2 aromatic heterocycles. The second-order valence-electron chi connectivity index (χ2n) is 9.98. The first-order chi connectivity index (χ1) is 18.2. The van der Waals surface area contributed by atoms with Crippen molar-refractivity contribution < 1.29 is 22.7 Å². The number of nitrogens with one attached hydrogen (secondary N) is 2. The van der Waals surface area contributed by atoms with Gasteiger partial charge in [-0.3, -0.25) is 9.78 Å². The van der Waals surface area contributed by atoms with Gasteiger partial charge in [0.05, 0.1) is 24.9 Å². The molecule has 204 valence electrons. The normalized spacial score (nSPS) is 22.1. The molecular formula is C28H34F3N5O2. The molecule has 1 spiro atoms. The second kappa shape index (κ2) is 11.6. The minimum absolute atomic E-state index is 0.107. The summed E-state index contributed by atoms with van der Waals surface area (Å²) in [5.74, 6) is -1.02. The fourth-order valence-electron chi connectivity index (χ4n) is 5.10. The maximum absolute atomic E-state index is 14.4. The molecule has 4 rings (SSSR count). The van der Waals surface area contributed by atoms with Crippen LogP contribution < -0.4 is 15.4 Å². The van der Waals surface area contributed by atoms with E-state index in [0.717, 1.165) is 36.7 Å². The average molecular weight is 530 g/mol. The lowest BCUT2D eigenvalue weighted by molar-refractivity contribution is -0.131. The lowest BCUT2D eigenvalue weighted by atomic mass is 9.85. The molecule has 0 saturated carbocycles. The van der Waals surface area contributed by atoms with E-state index in [1.54, 1.807) is 13.0 Å². The zero-order valence-corrected chi connectivity index (χ0v) is 22.2. The van der Waals surface area contributed by atoms with Crippen molar-refractivity contribution in [1.82, 2.24) is 25.5 Å². The molecule has 2 aromatic rings. The highest BCUT2D eigenvalue weighted by molar-refractivity contribution is 5.84. The fraction of sp³-hybridized carbons (Fsp3) is 0.464. The van der Waals surface area contributed by atoms with E-state index in [1.165, 1.54) is 31.0 Å². The third-order valence-electron chi connectivity index (χ3n) is 7.63. The standard InChI is InChI=1S/C28H34F3N5O2/c1-17(21-12-25(38-4)34-15-23(21)29)27(37)36-10-9-28(16-36)8-7-19(13-35-28)11-22(18(2)32-3)24-6-5-20(14-33-24)26(30)31/h5-6,11-12,14-15,17,26,32,35H,7-10,13,16H2,1-4H3/b19-11-,22-18+/t17-,28+/m1/s1. The molecule has 0 aromatic carbocycles. The maximum Gasteiger partial charge on any atom is 0.265 e. The van der Waals surface area contributed by atoms with Crippen molar-refractivity contribution >= 4 is 11.5 Å². The molecule has 0 unspecified atom stereocenters. The Hall–Kier alpha value is -3.40. The first kappa shape index (κ1) is 27.6. The van der Waals surface area contributed by atoms with Crippen molar-refractivity contribution in [3.05, 3.63) is 70.6 Å². The topological polar surface area (TPSA) is 79.4 Å². The van der Waals surface area contributed by atoms with Crippen LogP contribution in [0.2, 0.25) is 0 Å². The van der Waals surface area contributed by atoms with Gasteiger partial charge in [-0.05, 0) is 45.2 Å². The molecule has 0 radical (unpaired) electrons. The highest BCUT2D eigenvalue weighted by Crippen LogP contribution is 2.35. The Balaban J connectivity index is 1.43. The van der Waals surface area contributed by atoms with E-state index in [1.807, 2.05) is 18.9 Å². The van der Waals surface area contributed by atoms with Crippen molar-refractivity contribution in [3.8, 4) is 5.88 Å². The second-order valence-corrected chi connectivity index (χ2v) is 9.98. The third-order valence-corrected chi connectivity index (χ3v) is 7.63. The van der Waals surface area contributed by atoms with Crippen LogP contribution in [0.5, 0.6) is 5.88 Å². The van der Waals surface area contributed by atoms with Gasteiger partial charge in [0, 0.05) is 66.9 Å². The van der Waals surface area contributed by atoms with Crippen molar-refractivity contribution in [2.45, 2.75) is 51.0 Å². The molecule has 0 bridgehead atoms. The Morgan fingerprint density at radius 2 is 2.05 bits per heavy atom. The van der Waals surface area contributed by atoms with Crippen LogP contribution in [-0.4, -0.2) is 60.1 Å². The highest BCUT2D eigenvalue weighted by Gasteiger charge is 2.42. The number of nitrogens with zero attached hydrogens (tertiary/aromatic N) is 3. The van der Waals surface area contributed by atoms with Gasteiger partial charge in [-0.2, -0.15) is 0 Å². The number of ether oxygens (including phenoxy) is 1. The number of hydrogen-bond acceptors (Lipinski definition) is 6. The summed E-state index contributed by atoms with van der Waals surface area (Å²) in [6, 6.07) is 4.50. The van der Waals surface area contributed by atoms with Crippen molar-refractivity contribution in [2.75, 3.05) is 33.8 Å². The quantitative estimate of drug-likeness (QED) is 0.546. The lowest BCUT2D eigenvalue weighted by Crippen LogP contribution is -2.51. The van der Waals surface area contributed by atoms with Gasteiger partial charge in [-0.25, -0.2) is 18.2 Å². The molecule has 7 nitrogen and oxygen atoms in total. The van der Waals surface area contributed by atoms with Crippen LogP contribution in [0.3, 0.4) is 0 Å². The Morgan fingerprint density at radius 1 is 1.26 bits per heavy atom. The Kier molecular flexibility index (Phi) is 8.40. The first-order valence-electron chi connectivity index (χ1n) is 12.7. The van der Waals surface area contributed by atoms with E-state index >= 15 is 0 Å². The number of pyridine rings is 2. The number of carbonyl (C=O) groups excluding carboxylic acids is 1. The van der Waals surface area contributed by atoms with Gasteiger partial charge in [-0.1, -0.05) is 11.6 Å². The molecule has 2 fully saturated rings. The van der Waals surface area contributed by atoms with Crippen LogP contribution in [0.4, 0.5) is 13.2 Å². The monoisotopic (exact) mass is 529 g/mol. The first-order valence-corrected chi connectivity index (χ1v) is 12.7. The molecule has 10 heteroatoms. The SMILES string of the molecule is CN/C(C)=C(\C=C1\CC[C@@]2(CCN(C(=O)[C@H](C)c3cc(OC)ncc3F)C2)NC1)c1ccc(C(F)F)cn1. The third kappa shape index (κ3) is 5.85. The number of carbonyl (C=O) groups is 1. The van der Waals surface area contributed by atoms with Crippen LogP contribution in [-0.2, 0) is 4.79 Å². The minimum Gasteiger partial charge on any atom is -0.481 e. The van der Waals surface area contributed by atoms with E-state index in [9.17, 15) is 18.0 Å². The summed E-state index contributed by atoms with van der Waals surface area (Å²) >= 11 is 0. The molecule has 1 amide bonds. The summed E-state index contributed by atoms with van der Waals surface area (Å²) in [5.41, 5.74) is 3.52. The number of alkyl halides is 2. The highest BCUT2D eigenvalue weighted by atomic mass is 19.3. The van der Waals surface area contributed by atoms with Crippen LogP contribution >= 0.6 is 0 Å². The van der Waals surface area contributed by atoms with Crippen LogP contribution in [0, 0.1) is 5.82 Å². The number of aromatic nitrogens is 2. The number of allylic oxidation sites excluding steroid dienone is 3. The predicted molar refractivity (Wildman–Crippen MR) is 139 cm³/mol. The molecule has 2 aliphatic heterocycles. The van der Waals surface area contributed by atoms with E-state index in [0.29, 0.717) is 25.3 Å². The number of methoxy groups -OCH3 is 1. The molecular weight excluding hydrogens is 495 g/mol. The zero-order valence-electron chi connectivity index (χ0n) is 22.2. The largest absolute Gasteiger partial charge is 0.481 e. The van der Waals surface area contributed by atoms with Gasteiger partial charge in [0.2, 0.25) is 11.8 Å². The van der Waals surface area contributed by atoms with Gasteiger partial charge in [-0.15, -0.1) is 0 Å². The Bertz CT molecular complexity index is 1220. The zero-order chi connectivity index (χ0) is 27.4. The summed E-state index contributed by atoms with van der Waals surface area (Å²) in [6.07, 6.45) is 4.30. The molecule has 0 aliphatic carbocycles. The summed E-state index contributed by atoms with van der Waals surface area (Å²) in [4.78, 5) is 23.2. The van der Waals surface area contributed by atoms with Crippen LogP contribution in [0.25, 0.3) is 5.57 Å². The van der Waals surface area contributed by atoms with Crippen molar-refractivity contribution in [1.29, 1.82) is 0 Å². The van der Waals surface area contributed by atoms with Gasteiger partial charge in [0.15, 0.2) is 0 Å². The Labute approximate surface area is 221 Å². The minimum atomic E-state index is -2.56. The van der Waals surface area contributed by atoms with Crippen molar-refractivity contribution in [2.24, 2.45) is 0 Å². The number of likely N-dealkylation sites (tertiary alicyclic amines) is 1. The van der Waals surface area contributed by atoms with Gasteiger partial charge in [0.25, 0.3) is 6.43 Å². The number of piperidine rings is 1. The van der Waals surface area contributed by atoms with Gasteiger partial charge < -0.3 is 20.3 Å². The maximum atomic E-state index is 14.4. The van der Waals surface area contributed by atoms with Crippen LogP contribution in [0.15, 0.2) is 47.9 Å².